The Morgan fingerprint density at radius 1 is 1.19 bits per heavy atom. The van der Waals surface area contributed by atoms with E-state index in [1.165, 1.54) is 0 Å². The van der Waals surface area contributed by atoms with Crippen LogP contribution in [0.5, 0.6) is 11.5 Å². The third-order valence-electron chi connectivity index (χ3n) is 3.24. The molecule has 1 unspecified atom stereocenters. The highest BCUT2D eigenvalue weighted by Gasteiger charge is 2.19. The quantitative estimate of drug-likeness (QED) is 0.804. The highest BCUT2D eigenvalue weighted by molar-refractivity contribution is 6.31. The van der Waals surface area contributed by atoms with Crippen LogP contribution in [0.15, 0.2) is 42.5 Å². The van der Waals surface area contributed by atoms with Crippen molar-refractivity contribution >= 4 is 17.6 Å². The van der Waals surface area contributed by atoms with E-state index in [1.54, 1.807) is 31.2 Å². The van der Waals surface area contributed by atoms with E-state index in [1.807, 2.05) is 18.2 Å². The second-order valence-corrected chi connectivity index (χ2v) is 5.04. The van der Waals surface area contributed by atoms with Crippen LogP contribution in [0.1, 0.15) is 28.9 Å². The van der Waals surface area contributed by atoms with E-state index in [-0.39, 0.29) is 6.79 Å². The summed E-state index contributed by atoms with van der Waals surface area (Å²) in [5, 5.41) is 0.573. The molecule has 4 nitrogen and oxygen atoms in total. The van der Waals surface area contributed by atoms with Gasteiger partial charge in [0.25, 0.3) is 0 Å². The van der Waals surface area contributed by atoms with Crippen LogP contribution in [-0.4, -0.2) is 12.8 Å². The highest BCUT2D eigenvalue weighted by Crippen LogP contribution is 2.33. The van der Waals surface area contributed by atoms with Gasteiger partial charge in [0.2, 0.25) is 6.79 Å². The third-order valence-corrected chi connectivity index (χ3v) is 3.58. The fraction of sp³-hybridized carbons (Fsp3) is 0.188. The third kappa shape index (κ3) is 2.81. The van der Waals surface area contributed by atoms with E-state index >= 15 is 0 Å². The molecule has 0 amide bonds. The van der Waals surface area contributed by atoms with Crippen molar-refractivity contribution in [3.05, 3.63) is 58.6 Å². The lowest BCUT2D eigenvalue weighted by atomic mass is 10.1. The number of esters is 1. The lowest BCUT2D eigenvalue weighted by Crippen LogP contribution is -2.09. The van der Waals surface area contributed by atoms with Crippen LogP contribution in [0, 0.1) is 0 Å². The Morgan fingerprint density at radius 3 is 2.76 bits per heavy atom. The molecule has 0 fully saturated rings. The molecule has 108 valence electrons. The first-order valence-corrected chi connectivity index (χ1v) is 6.88. The largest absolute Gasteiger partial charge is 0.454 e. The summed E-state index contributed by atoms with van der Waals surface area (Å²) < 4.78 is 15.9. The van der Waals surface area contributed by atoms with Crippen LogP contribution in [0.25, 0.3) is 0 Å². The van der Waals surface area contributed by atoms with Gasteiger partial charge in [-0.3, -0.25) is 0 Å². The molecular formula is C16H13ClO4. The Balaban J connectivity index is 1.76. The number of carbonyl (C=O) groups excluding carboxylic acids is 1. The summed E-state index contributed by atoms with van der Waals surface area (Å²) in [7, 11) is 0. The van der Waals surface area contributed by atoms with Gasteiger partial charge in [-0.1, -0.05) is 29.8 Å². The number of hydrogen-bond acceptors (Lipinski definition) is 4. The van der Waals surface area contributed by atoms with Gasteiger partial charge in [0, 0.05) is 10.6 Å². The van der Waals surface area contributed by atoms with Crippen molar-refractivity contribution < 1.29 is 19.0 Å². The Hall–Kier alpha value is -2.20. The number of fused-ring (bicyclic) bond motifs is 1. The molecule has 1 heterocycles. The summed E-state index contributed by atoms with van der Waals surface area (Å²) >= 11 is 6.10. The van der Waals surface area contributed by atoms with Crippen LogP contribution < -0.4 is 9.47 Å². The molecular weight excluding hydrogens is 292 g/mol. The predicted octanol–water partition coefficient (Wildman–Crippen LogP) is 3.99. The first-order valence-electron chi connectivity index (χ1n) is 6.50. The fourth-order valence-corrected chi connectivity index (χ4v) is 2.41. The summed E-state index contributed by atoms with van der Waals surface area (Å²) in [6.45, 7) is 1.95. The molecule has 2 aromatic carbocycles. The topological polar surface area (TPSA) is 44.8 Å². The second kappa shape index (κ2) is 5.66. The lowest BCUT2D eigenvalue weighted by molar-refractivity contribution is 0.0337. The molecule has 0 radical (unpaired) electrons. The van der Waals surface area contributed by atoms with Gasteiger partial charge in [0.1, 0.15) is 6.10 Å². The molecule has 5 heteroatoms. The Bertz CT molecular complexity index is 684. The Labute approximate surface area is 127 Å². The minimum Gasteiger partial charge on any atom is -0.454 e. The molecule has 0 bridgehead atoms. The first kappa shape index (κ1) is 13.8. The molecule has 1 aliphatic rings. The molecule has 0 aliphatic carbocycles. The summed E-state index contributed by atoms with van der Waals surface area (Å²) in [6.07, 6.45) is -0.434. The molecule has 1 aliphatic heterocycles. The second-order valence-electron chi connectivity index (χ2n) is 4.64. The van der Waals surface area contributed by atoms with E-state index < -0.39 is 12.1 Å². The molecule has 0 spiro atoms. The van der Waals surface area contributed by atoms with E-state index in [0.29, 0.717) is 22.1 Å². The van der Waals surface area contributed by atoms with E-state index in [2.05, 4.69) is 0 Å². The van der Waals surface area contributed by atoms with Gasteiger partial charge < -0.3 is 14.2 Å². The van der Waals surface area contributed by atoms with Gasteiger partial charge in [-0.15, -0.1) is 0 Å². The van der Waals surface area contributed by atoms with E-state index in [4.69, 9.17) is 25.8 Å². The summed E-state index contributed by atoms with van der Waals surface area (Å²) in [5.74, 6) is 0.751. The molecule has 0 saturated carbocycles. The van der Waals surface area contributed by atoms with Crippen molar-refractivity contribution in [3.63, 3.8) is 0 Å². The number of carbonyl (C=O) groups is 1. The predicted molar refractivity (Wildman–Crippen MR) is 77.8 cm³/mol. The standard InChI is InChI=1S/C16H13ClO4/c1-10(12-4-2-3-5-13(12)17)21-16(18)11-6-7-14-15(8-11)20-9-19-14/h2-8,10H,9H2,1H3. The van der Waals surface area contributed by atoms with Gasteiger partial charge >= 0.3 is 5.97 Å². The monoisotopic (exact) mass is 304 g/mol. The van der Waals surface area contributed by atoms with Crippen molar-refractivity contribution in [1.82, 2.24) is 0 Å². The van der Waals surface area contributed by atoms with E-state index in [0.717, 1.165) is 5.56 Å². The molecule has 0 aromatic heterocycles. The van der Waals surface area contributed by atoms with Crippen LogP contribution >= 0.6 is 11.6 Å². The Kier molecular flexibility index (Phi) is 3.71. The van der Waals surface area contributed by atoms with Gasteiger partial charge in [-0.25, -0.2) is 4.79 Å². The molecule has 0 N–H and O–H groups in total. The maximum absolute atomic E-state index is 12.2. The van der Waals surface area contributed by atoms with Crippen molar-refractivity contribution in [1.29, 1.82) is 0 Å². The Morgan fingerprint density at radius 2 is 1.95 bits per heavy atom. The van der Waals surface area contributed by atoms with Gasteiger partial charge in [0.05, 0.1) is 5.56 Å². The maximum atomic E-state index is 12.2. The number of rotatable bonds is 3. The zero-order valence-corrected chi connectivity index (χ0v) is 12.1. The summed E-state index contributed by atoms with van der Waals surface area (Å²) in [6, 6.07) is 12.2. The maximum Gasteiger partial charge on any atom is 0.338 e. The molecule has 0 saturated heterocycles. The normalized spacial score (nSPS) is 13.8. The molecule has 2 aromatic rings. The van der Waals surface area contributed by atoms with Crippen LogP contribution in [0.4, 0.5) is 0 Å². The number of halogens is 1. The van der Waals surface area contributed by atoms with Gasteiger partial charge in [0.15, 0.2) is 11.5 Å². The summed E-state index contributed by atoms with van der Waals surface area (Å²) in [5.41, 5.74) is 1.19. The van der Waals surface area contributed by atoms with Crippen LogP contribution in [0.3, 0.4) is 0 Å². The average molecular weight is 305 g/mol. The smallest absolute Gasteiger partial charge is 0.338 e. The number of benzene rings is 2. The molecule has 21 heavy (non-hydrogen) atoms. The van der Waals surface area contributed by atoms with Crippen molar-refractivity contribution in [2.45, 2.75) is 13.0 Å². The van der Waals surface area contributed by atoms with Crippen LogP contribution in [-0.2, 0) is 4.74 Å². The summed E-state index contributed by atoms with van der Waals surface area (Å²) in [4.78, 5) is 12.2. The first-order chi connectivity index (χ1) is 10.1. The average Bonchev–Trinajstić information content (AvgIpc) is 2.94. The molecule has 1 atom stereocenters. The van der Waals surface area contributed by atoms with Crippen molar-refractivity contribution in [3.8, 4) is 11.5 Å². The minimum atomic E-state index is -0.434. The van der Waals surface area contributed by atoms with Gasteiger partial charge in [-0.2, -0.15) is 0 Å². The SMILES string of the molecule is CC(OC(=O)c1ccc2c(c1)OCO2)c1ccccc1Cl. The van der Waals surface area contributed by atoms with Crippen molar-refractivity contribution in [2.24, 2.45) is 0 Å². The number of hydrogen-bond donors (Lipinski definition) is 0. The lowest BCUT2D eigenvalue weighted by Gasteiger charge is -2.15. The number of ether oxygens (including phenoxy) is 3. The van der Waals surface area contributed by atoms with E-state index in [9.17, 15) is 4.79 Å². The molecule has 3 rings (SSSR count). The van der Waals surface area contributed by atoms with Crippen LogP contribution in [0.2, 0.25) is 5.02 Å². The fourth-order valence-electron chi connectivity index (χ4n) is 2.12. The zero-order chi connectivity index (χ0) is 14.8. The van der Waals surface area contributed by atoms with Gasteiger partial charge in [-0.05, 0) is 31.2 Å². The van der Waals surface area contributed by atoms with Crippen molar-refractivity contribution in [2.75, 3.05) is 6.79 Å². The highest BCUT2D eigenvalue weighted by atomic mass is 35.5. The zero-order valence-electron chi connectivity index (χ0n) is 11.3. The minimum absolute atomic E-state index is 0.170.